The fraction of sp³-hybridized carbons (Fsp3) is 0.667. The van der Waals surface area contributed by atoms with E-state index in [1.165, 1.54) is 0 Å². The van der Waals surface area contributed by atoms with Crippen molar-refractivity contribution in [2.45, 2.75) is 0 Å². The van der Waals surface area contributed by atoms with Crippen LogP contribution in [0, 0.1) is 0 Å². The molecule has 0 aromatic carbocycles. The predicted octanol–water partition coefficient (Wildman–Crippen LogP) is 0.851. The summed E-state index contributed by atoms with van der Waals surface area (Å²) >= 11 is 6.25. The Morgan fingerprint density at radius 3 is 2.14 bits per heavy atom. The largest absolute Gasteiger partial charge is 0.374 e. The van der Waals surface area contributed by atoms with Crippen molar-refractivity contribution in [3.63, 3.8) is 0 Å². The number of thiocarbonyl (C=S) groups is 1. The minimum Gasteiger partial charge on any atom is -0.374 e. The van der Waals surface area contributed by atoms with Crippen LogP contribution in [-0.4, -0.2) is 17.6 Å². The van der Waals surface area contributed by atoms with Gasteiger partial charge in [0.1, 0.15) is 4.32 Å². The Morgan fingerprint density at radius 1 is 1.71 bits per heavy atom. The second-order valence-corrected chi connectivity index (χ2v) is 2.22. The Labute approximate surface area is 64.1 Å². The first-order chi connectivity index (χ1) is 2.81. The third-order valence-electron chi connectivity index (χ3n) is 0.390. The van der Waals surface area contributed by atoms with E-state index >= 15 is 0 Å². The van der Waals surface area contributed by atoms with Crippen LogP contribution in [-0.2, 0) is 17.1 Å². The van der Waals surface area contributed by atoms with Crippen LogP contribution in [0.1, 0.15) is 0 Å². The number of hydrogen-bond acceptors (Lipinski definition) is 2. The Bertz CT molecular complexity index is 50.9. The number of rotatable bonds is 0. The molecule has 0 aliphatic heterocycles. The van der Waals surface area contributed by atoms with Crippen molar-refractivity contribution < 1.29 is 17.1 Å². The van der Waals surface area contributed by atoms with Crippen LogP contribution in [0.3, 0.4) is 0 Å². The predicted molar refractivity (Wildman–Crippen MR) is 35.2 cm³/mol. The summed E-state index contributed by atoms with van der Waals surface area (Å²) in [6.45, 7) is 0. The maximum Gasteiger partial charge on any atom is 0.133 e. The summed E-state index contributed by atoms with van der Waals surface area (Å²) in [4.78, 5) is 0. The van der Waals surface area contributed by atoms with Crippen molar-refractivity contribution in [1.82, 2.24) is 5.32 Å². The average molecular weight is 176 g/mol. The number of thioether (sulfide) groups is 1. The Hall–Kier alpha value is 0.759. The minimum atomic E-state index is 0. The maximum atomic E-state index is 4.71. The summed E-state index contributed by atoms with van der Waals surface area (Å²) in [6, 6.07) is 0. The van der Waals surface area contributed by atoms with Gasteiger partial charge in [-0.25, -0.2) is 0 Å². The molecule has 43 valence electrons. The van der Waals surface area contributed by atoms with Gasteiger partial charge < -0.3 is 5.32 Å². The molecule has 0 saturated heterocycles. The van der Waals surface area contributed by atoms with Gasteiger partial charge in [-0.2, -0.15) is 0 Å². The molecule has 0 aromatic rings. The van der Waals surface area contributed by atoms with Gasteiger partial charge in [-0.1, -0.05) is 12.2 Å². The molecule has 0 aliphatic rings. The van der Waals surface area contributed by atoms with Crippen molar-refractivity contribution in [3.8, 4) is 0 Å². The zero-order valence-corrected chi connectivity index (χ0v) is 7.01. The third kappa shape index (κ3) is 6.76. The molecule has 0 atom stereocenters. The quantitative estimate of drug-likeness (QED) is 0.434. The van der Waals surface area contributed by atoms with Crippen molar-refractivity contribution in [1.29, 1.82) is 0 Å². The molecule has 0 heterocycles. The van der Waals surface area contributed by atoms with Crippen LogP contribution in [0.5, 0.6) is 0 Å². The monoisotopic (exact) mass is 176 g/mol. The smallest absolute Gasteiger partial charge is 0.133 e. The van der Waals surface area contributed by atoms with Gasteiger partial charge in [0.05, 0.1) is 0 Å². The van der Waals surface area contributed by atoms with E-state index in [-0.39, 0.29) is 17.1 Å². The molecule has 0 aromatic heterocycles. The first kappa shape index (κ1) is 10.7. The molecule has 0 saturated carbocycles. The molecule has 0 amide bonds. The molecule has 0 spiro atoms. The van der Waals surface area contributed by atoms with Gasteiger partial charge in [0.25, 0.3) is 0 Å². The summed E-state index contributed by atoms with van der Waals surface area (Å²) in [5.74, 6) is 0. The number of hydrogen-bond donors (Lipinski definition) is 1. The summed E-state index contributed by atoms with van der Waals surface area (Å²) in [5, 5.41) is 2.81. The fourth-order valence-corrected chi connectivity index (χ4v) is 0.306. The van der Waals surface area contributed by atoms with Crippen molar-refractivity contribution in [3.05, 3.63) is 0 Å². The van der Waals surface area contributed by atoms with Crippen LogP contribution in [0.25, 0.3) is 0 Å². The molecule has 1 N–H and O–H groups in total. The summed E-state index contributed by atoms with van der Waals surface area (Å²) < 4.78 is 0.843. The van der Waals surface area contributed by atoms with Crippen LogP contribution >= 0.6 is 24.0 Å². The second-order valence-electron chi connectivity index (χ2n) is 0.742. The fourth-order valence-electron chi connectivity index (χ4n) is 0.102. The van der Waals surface area contributed by atoms with E-state index in [4.69, 9.17) is 12.2 Å². The van der Waals surface area contributed by atoms with E-state index in [9.17, 15) is 0 Å². The van der Waals surface area contributed by atoms with E-state index in [1.807, 2.05) is 13.3 Å². The van der Waals surface area contributed by atoms with Gasteiger partial charge in [-0.15, -0.1) is 11.8 Å². The van der Waals surface area contributed by atoms with Gasteiger partial charge in [-0.05, 0) is 6.26 Å². The first-order valence-electron chi connectivity index (χ1n) is 1.57. The molecule has 4 heteroatoms. The Kier molecular flexibility index (Phi) is 10.3. The molecule has 1 radical (unpaired) electrons. The van der Waals surface area contributed by atoms with Gasteiger partial charge >= 0.3 is 0 Å². The van der Waals surface area contributed by atoms with Gasteiger partial charge in [0.15, 0.2) is 0 Å². The first-order valence-corrected chi connectivity index (χ1v) is 3.20. The summed E-state index contributed by atoms with van der Waals surface area (Å²) in [6.07, 6.45) is 1.94. The zero-order chi connectivity index (χ0) is 4.99. The average Bonchev–Trinajstić information content (AvgIpc) is 1.65. The molecular formula is C3H7MnNS2. The normalized spacial score (nSPS) is 6.57. The van der Waals surface area contributed by atoms with Crippen molar-refractivity contribution >= 4 is 28.3 Å². The van der Waals surface area contributed by atoms with Gasteiger partial charge in [-0.3, -0.25) is 0 Å². The topological polar surface area (TPSA) is 12.0 Å². The standard InChI is InChI=1S/C3H7NS2.Mn/c1-4-3(5)6-2;/h1-2H3,(H,4,5);. The Balaban J connectivity index is 0. The van der Waals surface area contributed by atoms with Crippen molar-refractivity contribution in [2.75, 3.05) is 13.3 Å². The van der Waals surface area contributed by atoms with Crippen molar-refractivity contribution in [2.24, 2.45) is 0 Å². The molecule has 0 unspecified atom stereocenters. The summed E-state index contributed by atoms with van der Waals surface area (Å²) in [7, 11) is 1.82. The van der Waals surface area contributed by atoms with E-state index in [2.05, 4.69) is 5.32 Å². The SMILES string of the molecule is CNC(=S)SC.[Mn]. The molecule has 0 fully saturated rings. The van der Waals surface area contributed by atoms with E-state index < -0.39 is 0 Å². The van der Waals surface area contributed by atoms with Crippen LogP contribution in [0.15, 0.2) is 0 Å². The zero-order valence-electron chi connectivity index (χ0n) is 4.19. The van der Waals surface area contributed by atoms with Crippen LogP contribution in [0.2, 0.25) is 0 Å². The maximum absolute atomic E-state index is 4.71. The molecule has 0 bridgehead atoms. The van der Waals surface area contributed by atoms with E-state index in [1.54, 1.807) is 11.8 Å². The van der Waals surface area contributed by atoms with Gasteiger partial charge in [0.2, 0.25) is 0 Å². The second kappa shape index (κ2) is 6.76. The third-order valence-corrected chi connectivity index (χ3v) is 1.67. The molecule has 1 nitrogen and oxygen atoms in total. The minimum absolute atomic E-state index is 0. The van der Waals surface area contributed by atoms with Crippen LogP contribution in [0.4, 0.5) is 0 Å². The molecular weight excluding hydrogens is 169 g/mol. The number of nitrogens with one attached hydrogen (secondary N) is 1. The summed E-state index contributed by atoms with van der Waals surface area (Å²) in [5.41, 5.74) is 0. The van der Waals surface area contributed by atoms with Crippen LogP contribution < -0.4 is 5.32 Å². The van der Waals surface area contributed by atoms with Gasteiger partial charge in [0, 0.05) is 24.1 Å². The van der Waals surface area contributed by atoms with E-state index in [0.717, 1.165) is 4.32 Å². The molecule has 0 aliphatic carbocycles. The van der Waals surface area contributed by atoms with E-state index in [0.29, 0.717) is 0 Å². The Morgan fingerprint density at radius 2 is 2.14 bits per heavy atom. The molecule has 0 rings (SSSR count). The molecule has 7 heavy (non-hydrogen) atoms.